The smallest absolute Gasteiger partial charge is 0.227 e. The Morgan fingerprint density at radius 3 is 2.59 bits per heavy atom. The predicted octanol–water partition coefficient (Wildman–Crippen LogP) is 8.08. The standard InChI is InChI=1S/C31H37BrN4O2S/c1-7-14-39-29-34-28-33-23-16-31(5,6)17-24(37)26(23)27(36(28)35-29)22-15-21(32)12-13-25(22)38-18-19-8-10-20(11-9-19)30(2,3)4/h8-13,15,27H,7,14,16-18H2,1-6H3,(H,33,34,35). The first kappa shape index (κ1) is 28.0. The molecular weight excluding hydrogens is 572 g/mol. The lowest BCUT2D eigenvalue weighted by Gasteiger charge is -2.38. The fourth-order valence-corrected chi connectivity index (χ4v) is 6.32. The van der Waals surface area contributed by atoms with E-state index in [1.807, 2.05) is 16.8 Å². The van der Waals surface area contributed by atoms with Gasteiger partial charge in [0.25, 0.3) is 0 Å². The normalized spacial score (nSPS) is 18.4. The van der Waals surface area contributed by atoms with Gasteiger partial charge in [-0.2, -0.15) is 4.98 Å². The minimum absolute atomic E-state index is 0.101. The molecule has 0 saturated carbocycles. The van der Waals surface area contributed by atoms with E-state index >= 15 is 0 Å². The molecule has 1 atom stereocenters. The van der Waals surface area contributed by atoms with Gasteiger partial charge in [-0.1, -0.05) is 93.5 Å². The number of benzene rings is 2. The SMILES string of the molecule is CCCSc1nc2n(n1)C(c1cc(Br)ccc1OCc1ccc(C(C)(C)C)cc1)C1=C(CC(C)(C)CC1=O)N2. The number of aromatic nitrogens is 3. The fraction of sp³-hybridized carbons (Fsp3) is 0.452. The molecule has 1 aliphatic carbocycles. The number of halogens is 1. The van der Waals surface area contributed by atoms with E-state index in [4.69, 9.17) is 14.8 Å². The molecule has 6 nitrogen and oxygen atoms in total. The van der Waals surface area contributed by atoms with Crippen LogP contribution in [0.25, 0.3) is 0 Å². The molecular formula is C31H37BrN4O2S. The molecule has 206 valence electrons. The summed E-state index contributed by atoms with van der Waals surface area (Å²) in [7, 11) is 0. The second-order valence-electron chi connectivity index (χ2n) is 12.3. The molecule has 0 bridgehead atoms. The van der Waals surface area contributed by atoms with Gasteiger partial charge in [0.1, 0.15) is 18.4 Å². The second kappa shape index (κ2) is 10.8. The van der Waals surface area contributed by atoms with E-state index in [1.165, 1.54) is 5.56 Å². The molecule has 5 rings (SSSR count). The molecule has 0 amide bonds. The van der Waals surface area contributed by atoms with Gasteiger partial charge in [0, 0.05) is 33.5 Å². The molecule has 2 aliphatic rings. The Bertz CT molecular complexity index is 1420. The van der Waals surface area contributed by atoms with E-state index in [-0.39, 0.29) is 16.6 Å². The molecule has 1 aliphatic heterocycles. The minimum Gasteiger partial charge on any atom is -0.489 e. The lowest BCUT2D eigenvalue weighted by atomic mass is 9.73. The van der Waals surface area contributed by atoms with Crippen molar-refractivity contribution in [3.05, 3.63) is 74.9 Å². The van der Waals surface area contributed by atoms with Gasteiger partial charge in [-0.3, -0.25) is 4.79 Å². The number of rotatable bonds is 7. The van der Waals surface area contributed by atoms with Gasteiger partial charge >= 0.3 is 0 Å². The first-order valence-corrected chi connectivity index (χ1v) is 15.4. The maximum atomic E-state index is 13.7. The number of anilines is 1. The van der Waals surface area contributed by atoms with Crippen LogP contribution in [-0.4, -0.2) is 26.3 Å². The minimum atomic E-state index is -0.418. The van der Waals surface area contributed by atoms with Gasteiger partial charge in [-0.25, -0.2) is 4.68 Å². The summed E-state index contributed by atoms with van der Waals surface area (Å²) in [5.74, 6) is 2.49. The number of ether oxygens (including phenoxy) is 1. The maximum Gasteiger partial charge on any atom is 0.227 e. The summed E-state index contributed by atoms with van der Waals surface area (Å²) < 4.78 is 9.25. The third-order valence-electron chi connectivity index (χ3n) is 7.23. The molecule has 8 heteroatoms. The quantitative estimate of drug-likeness (QED) is 0.273. The summed E-state index contributed by atoms with van der Waals surface area (Å²) >= 11 is 5.30. The molecule has 1 N–H and O–H groups in total. The summed E-state index contributed by atoms with van der Waals surface area (Å²) in [6.07, 6.45) is 2.31. The molecule has 0 saturated heterocycles. The number of carbonyl (C=O) groups excluding carboxylic acids is 1. The first-order valence-electron chi connectivity index (χ1n) is 13.6. The van der Waals surface area contributed by atoms with E-state index in [9.17, 15) is 4.79 Å². The topological polar surface area (TPSA) is 69.0 Å². The van der Waals surface area contributed by atoms with Crippen LogP contribution < -0.4 is 10.1 Å². The summed E-state index contributed by atoms with van der Waals surface area (Å²) in [4.78, 5) is 18.5. The van der Waals surface area contributed by atoms with Crippen LogP contribution in [0, 0.1) is 5.41 Å². The van der Waals surface area contributed by atoms with Gasteiger partial charge in [0.15, 0.2) is 5.78 Å². The molecule has 1 unspecified atom stereocenters. The molecule has 3 aromatic rings. The Hall–Kier alpha value is -2.58. The zero-order chi connectivity index (χ0) is 27.9. The predicted molar refractivity (Wildman–Crippen MR) is 161 cm³/mol. The highest BCUT2D eigenvalue weighted by Crippen LogP contribution is 2.47. The molecule has 2 aromatic carbocycles. The van der Waals surface area contributed by atoms with Gasteiger partial charge in [-0.05, 0) is 53.0 Å². The summed E-state index contributed by atoms with van der Waals surface area (Å²) in [5, 5.41) is 9.07. The molecule has 1 aromatic heterocycles. The van der Waals surface area contributed by atoms with Crippen LogP contribution in [0.3, 0.4) is 0 Å². The van der Waals surface area contributed by atoms with Gasteiger partial charge < -0.3 is 10.1 Å². The Kier molecular flexibility index (Phi) is 7.72. The van der Waals surface area contributed by atoms with Crippen LogP contribution in [0.1, 0.15) is 83.5 Å². The van der Waals surface area contributed by atoms with Crippen molar-refractivity contribution in [3.63, 3.8) is 0 Å². The number of Topliss-reactive ketones (excluding diaryl/α,β-unsaturated/α-hetero) is 1. The molecule has 39 heavy (non-hydrogen) atoms. The third-order valence-corrected chi connectivity index (χ3v) is 8.77. The zero-order valence-corrected chi connectivity index (χ0v) is 26.0. The number of carbonyl (C=O) groups is 1. The van der Waals surface area contributed by atoms with Crippen molar-refractivity contribution >= 4 is 39.4 Å². The molecule has 0 fully saturated rings. The number of nitrogens with one attached hydrogen (secondary N) is 1. The first-order chi connectivity index (χ1) is 18.4. The van der Waals surface area contributed by atoms with Gasteiger partial charge in [0.05, 0.1) is 0 Å². The highest BCUT2D eigenvalue weighted by Gasteiger charge is 2.42. The van der Waals surface area contributed by atoms with Crippen molar-refractivity contribution in [2.24, 2.45) is 5.41 Å². The van der Waals surface area contributed by atoms with Crippen LogP contribution in [0.2, 0.25) is 0 Å². The Morgan fingerprint density at radius 2 is 1.90 bits per heavy atom. The summed E-state index contributed by atoms with van der Waals surface area (Å²) in [6.45, 7) is 13.5. The highest BCUT2D eigenvalue weighted by atomic mass is 79.9. The van der Waals surface area contributed by atoms with Gasteiger partial charge in [-0.15, -0.1) is 5.10 Å². The van der Waals surface area contributed by atoms with E-state index < -0.39 is 6.04 Å². The average molecular weight is 610 g/mol. The number of ketones is 1. The number of allylic oxidation sites excluding steroid dienone is 2. The fourth-order valence-electron chi connectivity index (χ4n) is 5.26. The zero-order valence-electron chi connectivity index (χ0n) is 23.6. The van der Waals surface area contributed by atoms with Crippen molar-refractivity contribution in [1.82, 2.24) is 14.8 Å². The average Bonchev–Trinajstić information content (AvgIpc) is 3.27. The van der Waals surface area contributed by atoms with E-state index in [0.29, 0.717) is 24.1 Å². The lowest BCUT2D eigenvalue weighted by Crippen LogP contribution is -2.36. The van der Waals surface area contributed by atoms with Crippen LogP contribution in [-0.2, 0) is 16.8 Å². The Morgan fingerprint density at radius 1 is 1.15 bits per heavy atom. The van der Waals surface area contributed by atoms with Crippen LogP contribution in [0.5, 0.6) is 5.75 Å². The van der Waals surface area contributed by atoms with Crippen molar-refractivity contribution < 1.29 is 9.53 Å². The van der Waals surface area contributed by atoms with Crippen LogP contribution in [0.4, 0.5) is 5.95 Å². The second-order valence-corrected chi connectivity index (χ2v) is 14.3. The molecule has 2 heterocycles. The molecule has 0 spiro atoms. The van der Waals surface area contributed by atoms with Crippen molar-refractivity contribution in [2.45, 2.75) is 84.0 Å². The highest BCUT2D eigenvalue weighted by molar-refractivity contribution is 9.10. The van der Waals surface area contributed by atoms with Crippen LogP contribution in [0.15, 0.2) is 63.4 Å². The largest absolute Gasteiger partial charge is 0.489 e. The Labute approximate surface area is 244 Å². The molecule has 0 radical (unpaired) electrons. The van der Waals surface area contributed by atoms with E-state index in [1.54, 1.807) is 11.8 Å². The van der Waals surface area contributed by atoms with E-state index in [0.717, 1.165) is 51.2 Å². The van der Waals surface area contributed by atoms with Crippen molar-refractivity contribution in [3.8, 4) is 5.75 Å². The lowest BCUT2D eigenvalue weighted by molar-refractivity contribution is -0.118. The number of nitrogens with zero attached hydrogens (tertiary/aromatic N) is 3. The van der Waals surface area contributed by atoms with Crippen LogP contribution >= 0.6 is 27.7 Å². The third kappa shape index (κ3) is 5.97. The number of hydrogen-bond donors (Lipinski definition) is 1. The Balaban J connectivity index is 1.54. The van der Waals surface area contributed by atoms with E-state index in [2.05, 4.69) is 93.1 Å². The maximum absolute atomic E-state index is 13.7. The number of hydrogen-bond acceptors (Lipinski definition) is 6. The summed E-state index contributed by atoms with van der Waals surface area (Å²) in [6, 6.07) is 14.2. The monoisotopic (exact) mass is 608 g/mol. The van der Waals surface area contributed by atoms with Crippen molar-refractivity contribution in [1.29, 1.82) is 0 Å². The number of thioether (sulfide) groups is 1. The number of fused-ring (bicyclic) bond motifs is 1. The summed E-state index contributed by atoms with van der Waals surface area (Å²) in [5.41, 5.74) is 4.97. The van der Waals surface area contributed by atoms with Crippen molar-refractivity contribution in [2.75, 3.05) is 11.1 Å². The van der Waals surface area contributed by atoms with Gasteiger partial charge in [0.2, 0.25) is 11.1 Å².